The topological polar surface area (TPSA) is 84.5 Å². The Balaban J connectivity index is 1.32. The highest BCUT2D eigenvalue weighted by Gasteiger charge is 2.46. The molecule has 3 aliphatic heterocycles. The molecule has 0 aliphatic carbocycles. The molecule has 4 aromatic rings. The van der Waals surface area contributed by atoms with Crippen LogP contribution >= 0.6 is 11.6 Å². The maximum absolute atomic E-state index is 16.8. The van der Waals surface area contributed by atoms with Crippen LogP contribution in [0.5, 0.6) is 0 Å². The number of carbonyl (C=O) groups excluding carboxylic acids is 1. The Morgan fingerprint density at radius 2 is 1.79 bits per heavy atom. The van der Waals surface area contributed by atoms with Crippen LogP contribution in [0, 0.1) is 18.2 Å². The summed E-state index contributed by atoms with van der Waals surface area (Å²) in [6.45, 7) is 11.9. The van der Waals surface area contributed by atoms with E-state index < -0.39 is 5.82 Å². The number of H-pyrrole nitrogens is 1. The maximum atomic E-state index is 16.8. The zero-order chi connectivity index (χ0) is 29.2. The Hall–Kier alpha value is -3.76. The second-order valence-corrected chi connectivity index (χ2v) is 12.5. The molecule has 1 spiro atoms. The van der Waals surface area contributed by atoms with Crippen molar-refractivity contribution in [2.24, 2.45) is 5.41 Å². The van der Waals surface area contributed by atoms with E-state index in [9.17, 15) is 4.79 Å². The number of amides is 1. The Bertz CT molecular complexity index is 1710. The Morgan fingerprint density at radius 3 is 2.50 bits per heavy atom. The van der Waals surface area contributed by atoms with E-state index in [0.717, 1.165) is 87.2 Å². The third kappa shape index (κ3) is 4.39. The number of aryl methyl sites for hydroxylation is 1. The number of halogens is 2. The first-order valence-corrected chi connectivity index (χ1v) is 14.9. The number of nitrogens with zero attached hydrogens (tertiary/aromatic N) is 7. The predicted octanol–water partition coefficient (Wildman–Crippen LogP) is 4.64. The summed E-state index contributed by atoms with van der Waals surface area (Å²) in [5, 5.41) is 8.92. The second kappa shape index (κ2) is 10.2. The number of likely N-dealkylation sites (N-methyl/N-ethyl adjacent to an activating group) is 1. The summed E-state index contributed by atoms with van der Waals surface area (Å²) in [4.78, 5) is 30.5. The van der Waals surface area contributed by atoms with Gasteiger partial charge in [0, 0.05) is 79.7 Å². The molecule has 2 aromatic heterocycles. The van der Waals surface area contributed by atoms with Gasteiger partial charge in [-0.05, 0) is 50.6 Å². The van der Waals surface area contributed by atoms with Gasteiger partial charge in [0.15, 0.2) is 5.82 Å². The van der Waals surface area contributed by atoms with Gasteiger partial charge in [-0.15, -0.1) is 0 Å². The van der Waals surface area contributed by atoms with Crippen LogP contribution in [0.25, 0.3) is 32.9 Å². The van der Waals surface area contributed by atoms with Gasteiger partial charge in [0.05, 0.1) is 16.7 Å². The molecule has 3 fully saturated rings. The normalized spacial score (nSPS) is 19.1. The molecule has 3 aliphatic rings. The predicted molar refractivity (Wildman–Crippen MR) is 165 cm³/mol. The molecule has 7 rings (SSSR count). The lowest BCUT2D eigenvalue weighted by Crippen LogP contribution is -2.61. The smallest absolute Gasteiger partial charge is 0.245 e. The quantitative estimate of drug-likeness (QED) is 0.348. The first kappa shape index (κ1) is 27.1. The van der Waals surface area contributed by atoms with Gasteiger partial charge >= 0.3 is 0 Å². The molecule has 0 atom stereocenters. The summed E-state index contributed by atoms with van der Waals surface area (Å²) >= 11 is 6.93. The van der Waals surface area contributed by atoms with Gasteiger partial charge in [-0.2, -0.15) is 10.1 Å². The van der Waals surface area contributed by atoms with Crippen LogP contribution in [-0.2, 0) is 4.79 Å². The van der Waals surface area contributed by atoms with E-state index in [1.807, 2.05) is 30.0 Å². The standard InChI is InChI=1S/C31H34ClFN8O/c1-4-24(42)41-17-31(18-41)7-9-39(10-8-31)29-20-15-22(32)26(25-19(2)5-6-23-21(25)16-34-37-23)27(33)28(20)35-30(36-29)40-13-11-38(3)12-14-40/h4-6,15-16H,1,7-14,17-18H2,2-3H3,(H,34,37). The molecule has 0 saturated carbocycles. The zero-order valence-corrected chi connectivity index (χ0v) is 24.7. The summed E-state index contributed by atoms with van der Waals surface area (Å²) < 4.78 is 16.8. The van der Waals surface area contributed by atoms with E-state index in [2.05, 4.69) is 38.5 Å². The van der Waals surface area contributed by atoms with Crippen LogP contribution < -0.4 is 9.80 Å². The van der Waals surface area contributed by atoms with E-state index in [-0.39, 0.29) is 16.8 Å². The number of piperazine rings is 1. The van der Waals surface area contributed by atoms with Gasteiger partial charge in [-0.3, -0.25) is 9.89 Å². The minimum Gasteiger partial charge on any atom is -0.356 e. The van der Waals surface area contributed by atoms with Crippen molar-refractivity contribution in [2.45, 2.75) is 19.8 Å². The van der Waals surface area contributed by atoms with Crippen LogP contribution in [0.1, 0.15) is 18.4 Å². The number of carbonyl (C=O) groups is 1. The van der Waals surface area contributed by atoms with Crippen LogP contribution in [0.15, 0.2) is 37.1 Å². The summed E-state index contributed by atoms with van der Waals surface area (Å²) in [5.41, 5.74) is 3.18. The zero-order valence-electron chi connectivity index (χ0n) is 24.0. The molecule has 218 valence electrons. The first-order valence-electron chi connectivity index (χ1n) is 14.5. The molecule has 11 heteroatoms. The summed E-state index contributed by atoms with van der Waals surface area (Å²) in [6.07, 6.45) is 4.96. The number of fused-ring (bicyclic) bond motifs is 2. The van der Waals surface area contributed by atoms with Gasteiger partial charge in [0.2, 0.25) is 11.9 Å². The summed E-state index contributed by atoms with van der Waals surface area (Å²) in [6, 6.07) is 5.72. The number of benzene rings is 2. The number of aromatic nitrogens is 4. The third-order valence-corrected chi connectivity index (χ3v) is 9.68. The molecular formula is C31H34ClFN8O. The third-order valence-electron chi connectivity index (χ3n) is 9.38. The minimum atomic E-state index is -0.445. The first-order chi connectivity index (χ1) is 20.3. The van der Waals surface area contributed by atoms with Gasteiger partial charge in [-0.25, -0.2) is 9.37 Å². The van der Waals surface area contributed by atoms with Crippen LogP contribution in [0.3, 0.4) is 0 Å². The Labute approximate surface area is 248 Å². The average Bonchev–Trinajstić information content (AvgIpc) is 3.46. The number of likely N-dealkylation sites (tertiary alicyclic amines) is 1. The number of hydrogen-bond donors (Lipinski definition) is 1. The van der Waals surface area contributed by atoms with Crippen molar-refractivity contribution in [3.05, 3.63) is 53.5 Å². The van der Waals surface area contributed by atoms with Crippen LogP contribution in [0.2, 0.25) is 5.02 Å². The maximum Gasteiger partial charge on any atom is 0.245 e. The molecule has 2 aromatic carbocycles. The van der Waals surface area contributed by atoms with Crippen LogP contribution in [0.4, 0.5) is 16.2 Å². The number of hydrogen-bond acceptors (Lipinski definition) is 7. The molecule has 0 unspecified atom stereocenters. The molecule has 3 saturated heterocycles. The fourth-order valence-electron chi connectivity index (χ4n) is 6.80. The lowest BCUT2D eigenvalue weighted by molar-refractivity contribution is -0.139. The van der Waals surface area contributed by atoms with Crippen molar-refractivity contribution < 1.29 is 9.18 Å². The highest BCUT2D eigenvalue weighted by Crippen LogP contribution is 2.45. The van der Waals surface area contributed by atoms with Crippen molar-refractivity contribution in [2.75, 3.05) is 69.2 Å². The fourth-order valence-corrected chi connectivity index (χ4v) is 7.09. The minimum absolute atomic E-state index is 0.0102. The molecule has 42 heavy (non-hydrogen) atoms. The van der Waals surface area contributed by atoms with E-state index in [1.54, 1.807) is 6.20 Å². The molecule has 0 radical (unpaired) electrons. The molecule has 5 heterocycles. The van der Waals surface area contributed by atoms with E-state index >= 15 is 4.39 Å². The van der Waals surface area contributed by atoms with Gasteiger partial charge < -0.3 is 19.6 Å². The lowest BCUT2D eigenvalue weighted by atomic mass is 9.72. The molecule has 9 nitrogen and oxygen atoms in total. The number of piperidine rings is 1. The summed E-state index contributed by atoms with van der Waals surface area (Å²) in [5.74, 6) is 0.804. The van der Waals surface area contributed by atoms with Crippen molar-refractivity contribution in [1.82, 2.24) is 30.0 Å². The van der Waals surface area contributed by atoms with E-state index in [1.165, 1.54) is 6.08 Å². The van der Waals surface area contributed by atoms with Crippen molar-refractivity contribution >= 4 is 51.1 Å². The molecule has 1 N–H and O–H groups in total. The lowest BCUT2D eigenvalue weighted by Gasteiger charge is -2.54. The summed E-state index contributed by atoms with van der Waals surface area (Å²) in [7, 11) is 2.10. The Kier molecular flexibility index (Phi) is 6.58. The average molecular weight is 589 g/mol. The monoisotopic (exact) mass is 588 g/mol. The number of aromatic amines is 1. The number of rotatable bonds is 4. The highest BCUT2D eigenvalue weighted by molar-refractivity contribution is 6.35. The molecule has 0 bridgehead atoms. The highest BCUT2D eigenvalue weighted by atomic mass is 35.5. The van der Waals surface area contributed by atoms with Gasteiger partial charge in [0.25, 0.3) is 0 Å². The number of anilines is 2. The van der Waals surface area contributed by atoms with Crippen molar-refractivity contribution in [1.29, 1.82) is 0 Å². The van der Waals surface area contributed by atoms with Gasteiger partial charge in [-0.1, -0.05) is 24.2 Å². The van der Waals surface area contributed by atoms with Crippen LogP contribution in [-0.4, -0.2) is 95.3 Å². The van der Waals surface area contributed by atoms with Gasteiger partial charge in [0.1, 0.15) is 11.3 Å². The Morgan fingerprint density at radius 1 is 1.05 bits per heavy atom. The number of nitrogens with one attached hydrogen (secondary N) is 1. The van der Waals surface area contributed by atoms with E-state index in [0.29, 0.717) is 27.7 Å². The molecule has 1 amide bonds. The van der Waals surface area contributed by atoms with E-state index in [4.69, 9.17) is 21.6 Å². The largest absolute Gasteiger partial charge is 0.356 e. The second-order valence-electron chi connectivity index (χ2n) is 12.1. The van der Waals surface area contributed by atoms with Crippen molar-refractivity contribution in [3.8, 4) is 11.1 Å². The SMILES string of the molecule is C=CC(=O)N1CC2(CCN(c3nc(N4CCN(C)CC4)nc4c(F)c(-c5c(C)ccc6[nH]ncc56)c(Cl)cc34)CC2)C1. The molecular weight excluding hydrogens is 555 g/mol. The fraction of sp³-hybridized carbons (Fsp3) is 0.419. The van der Waals surface area contributed by atoms with Crippen molar-refractivity contribution in [3.63, 3.8) is 0 Å².